The van der Waals surface area contributed by atoms with Crippen LogP contribution in [0, 0.1) is 13.8 Å². The van der Waals surface area contributed by atoms with Gasteiger partial charge >= 0.3 is 0 Å². The molecule has 1 heterocycles. The van der Waals surface area contributed by atoms with Crippen molar-refractivity contribution in [2.75, 3.05) is 11.9 Å². The van der Waals surface area contributed by atoms with Crippen LogP contribution in [0.3, 0.4) is 0 Å². The molecule has 0 fully saturated rings. The monoisotopic (exact) mass is 280 g/mol. The minimum Gasteiger partial charge on any atom is -0.461 e. The van der Waals surface area contributed by atoms with Crippen LogP contribution in [0.2, 0.25) is 0 Å². The molecule has 3 nitrogen and oxygen atoms in total. The Balaban J connectivity index is 2.03. The number of para-hydroxylation sites is 2. The summed E-state index contributed by atoms with van der Waals surface area (Å²) in [4.78, 5) is 0. The van der Waals surface area contributed by atoms with E-state index in [1.54, 1.807) is 0 Å². The summed E-state index contributed by atoms with van der Waals surface area (Å²) in [5, 5.41) is 4.68. The molecule has 0 aliphatic heterocycles. The van der Waals surface area contributed by atoms with E-state index in [0.717, 1.165) is 28.0 Å². The molecule has 3 N–H and O–H groups in total. The lowest BCUT2D eigenvalue weighted by Crippen LogP contribution is -2.21. The van der Waals surface area contributed by atoms with Gasteiger partial charge < -0.3 is 15.5 Å². The van der Waals surface area contributed by atoms with Crippen LogP contribution in [-0.2, 0) is 0 Å². The van der Waals surface area contributed by atoms with Crippen molar-refractivity contribution < 1.29 is 4.42 Å². The lowest BCUT2D eigenvalue weighted by Gasteiger charge is -2.19. The van der Waals surface area contributed by atoms with Crippen LogP contribution in [0.4, 0.5) is 5.69 Å². The third kappa shape index (κ3) is 2.52. The number of nitrogens with two attached hydrogens (primary N) is 1. The normalized spacial score (nSPS) is 12.5. The molecule has 1 aromatic heterocycles. The van der Waals surface area contributed by atoms with Crippen LogP contribution >= 0.6 is 0 Å². The molecule has 0 amide bonds. The molecule has 0 aliphatic rings. The van der Waals surface area contributed by atoms with Gasteiger partial charge in [-0.3, -0.25) is 0 Å². The molecule has 0 saturated heterocycles. The number of furan rings is 1. The van der Waals surface area contributed by atoms with Crippen molar-refractivity contribution in [1.29, 1.82) is 0 Å². The molecular formula is C18H20N2O. The second kappa shape index (κ2) is 5.62. The fourth-order valence-corrected chi connectivity index (χ4v) is 2.79. The molecule has 0 spiro atoms. The lowest BCUT2D eigenvalue weighted by molar-refractivity contribution is 0.566. The van der Waals surface area contributed by atoms with Gasteiger partial charge in [-0.25, -0.2) is 0 Å². The van der Waals surface area contributed by atoms with Gasteiger partial charge in [0.1, 0.15) is 11.3 Å². The first-order valence-electron chi connectivity index (χ1n) is 7.21. The molecule has 2 aromatic carbocycles. The Bertz CT molecular complexity index is 761. The highest BCUT2D eigenvalue weighted by Gasteiger charge is 2.19. The van der Waals surface area contributed by atoms with E-state index in [1.165, 1.54) is 5.56 Å². The number of benzene rings is 2. The van der Waals surface area contributed by atoms with Gasteiger partial charge in [-0.15, -0.1) is 0 Å². The van der Waals surface area contributed by atoms with Crippen LogP contribution in [0.25, 0.3) is 11.0 Å². The average molecular weight is 280 g/mol. The maximum atomic E-state index is 6.02. The maximum absolute atomic E-state index is 6.02. The van der Waals surface area contributed by atoms with E-state index in [0.29, 0.717) is 6.54 Å². The van der Waals surface area contributed by atoms with Crippen LogP contribution in [-0.4, -0.2) is 6.54 Å². The van der Waals surface area contributed by atoms with Gasteiger partial charge in [-0.05, 0) is 31.5 Å². The third-order valence-electron chi connectivity index (χ3n) is 3.88. The molecule has 108 valence electrons. The average Bonchev–Trinajstić information content (AvgIpc) is 2.82. The number of anilines is 1. The van der Waals surface area contributed by atoms with Gasteiger partial charge in [0.05, 0.1) is 6.04 Å². The Labute approximate surface area is 124 Å². The zero-order chi connectivity index (χ0) is 14.8. The van der Waals surface area contributed by atoms with Crippen molar-refractivity contribution in [3.8, 4) is 0 Å². The zero-order valence-electron chi connectivity index (χ0n) is 12.4. The number of nitrogens with one attached hydrogen (secondary N) is 1. The predicted molar refractivity (Wildman–Crippen MR) is 87.5 cm³/mol. The van der Waals surface area contributed by atoms with Crippen LogP contribution in [0.1, 0.15) is 22.9 Å². The molecule has 3 rings (SSSR count). The first-order chi connectivity index (χ1) is 10.2. The Morgan fingerprint density at radius 2 is 1.76 bits per heavy atom. The minimum absolute atomic E-state index is 0.0368. The van der Waals surface area contributed by atoms with Crippen LogP contribution < -0.4 is 11.1 Å². The summed E-state index contributed by atoms with van der Waals surface area (Å²) in [6.45, 7) is 4.60. The summed E-state index contributed by atoms with van der Waals surface area (Å²) in [7, 11) is 0. The first kappa shape index (κ1) is 13.7. The molecular weight excluding hydrogens is 260 g/mol. The Hall–Kier alpha value is -2.26. The van der Waals surface area contributed by atoms with Crippen molar-refractivity contribution in [1.82, 2.24) is 0 Å². The Morgan fingerprint density at radius 3 is 2.52 bits per heavy atom. The standard InChI is InChI=1S/C18H20N2O/c1-12-7-3-5-9-15(12)20-16(11-19)18-13(2)21-17-10-6-4-8-14(17)18/h3-10,16,20H,11,19H2,1-2H3. The molecule has 3 aromatic rings. The third-order valence-corrected chi connectivity index (χ3v) is 3.88. The van der Waals surface area contributed by atoms with Crippen molar-refractivity contribution in [2.45, 2.75) is 19.9 Å². The van der Waals surface area contributed by atoms with Gasteiger partial charge in [-0.2, -0.15) is 0 Å². The smallest absolute Gasteiger partial charge is 0.134 e. The summed E-state index contributed by atoms with van der Waals surface area (Å²) in [5.74, 6) is 0.924. The molecule has 0 aliphatic carbocycles. The van der Waals surface area contributed by atoms with Gasteiger partial charge in [0.15, 0.2) is 0 Å². The van der Waals surface area contributed by atoms with E-state index >= 15 is 0 Å². The summed E-state index contributed by atoms with van der Waals surface area (Å²) in [6, 6.07) is 16.4. The van der Waals surface area contributed by atoms with Gasteiger partial charge in [0.25, 0.3) is 0 Å². The Morgan fingerprint density at radius 1 is 1.05 bits per heavy atom. The van der Waals surface area contributed by atoms with E-state index in [9.17, 15) is 0 Å². The summed E-state index contributed by atoms with van der Waals surface area (Å²) in [6.07, 6.45) is 0. The van der Waals surface area contributed by atoms with E-state index < -0.39 is 0 Å². The van der Waals surface area contributed by atoms with Gasteiger partial charge in [0.2, 0.25) is 0 Å². The van der Waals surface area contributed by atoms with Gasteiger partial charge in [-0.1, -0.05) is 36.4 Å². The molecule has 1 atom stereocenters. The van der Waals surface area contributed by atoms with Crippen LogP contribution in [0.15, 0.2) is 52.9 Å². The van der Waals surface area contributed by atoms with Crippen LogP contribution in [0.5, 0.6) is 0 Å². The fourth-order valence-electron chi connectivity index (χ4n) is 2.79. The molecule has 3 heteroatoms. The van der Waals surface area contributed by atoms with E-state index in [1.807, 2.05) is 37.3 Å². The molecule has 21 heavy (non-hydrogen) atoms. The van der Waals surface area contributed by atoms with E-state index in [2.05, 4.69) is 30.4 Å². The fraction of sp³-hybridized carbons (Fsp3) is 0.222. The highest BCUT2D eigenvalue weighted by Crippen LogP contribution is 2.32. The predicted octanol–water partition coefficient (Wildman–Crippen LogP) is 4.16. The van der Waals surface area contributed by atoms with Crippen molar-refractivity contribution >= 4 is 16.7 Å². The first-order valence-corrected chi connectivity index (χ1v) is 7.21. The highest BCUT2D eigenvalue weighted by atomic mass is 16.3. The van der Waals surface area contributed by atoms with Crippen molar-refractivity contribution in [2.24, 2.45) is 5.73 Å². The number of rotatable bonds is 4. The summed E-state index contributed by atoms with van der Waals surface area (Å²) >= 11 is 0. The zero-order valence-corrected chi connectivity index (χ0v) is 12.4. The Kier molecular flexibility index (Phi) is 3.67. The van der Waals surface area contributed by atoms with E-state index in [4.69, 9.17) is 10.2 Å². The molecule has 0 radical (unpaired) electrons. The van der Waals surface area contributed by atoms with Gasteiger partial charge in [0, 0.05) is 23.2 Å². The quantitative estimate of drug-likeness (QED) is 0.754. The maximum Gasteiger partial charge on any atom is 0.134 e. The number of hydrogen-bond donors (Lipinski definition) is 2. The van der Waals surface area contributed by atoms with Crippen molar-refractivity contribution in [3.05, 3.63) is 65.4 Å². The molecule has 0 saturated carbocycles. The van der Waals surface area contributed by atoms with Crippen molar-refractivity contribution in [3.63, 3.8) is 0 Å². The SMILES string of the molecule is Cc1ccccc1NC(CN)c1c(C)oc2ccccc12. The number of aryl methyl sites for hydroxylation is 2. The minimum atomic E-state index is 0.0368. The lowest BCUT2D eigenvalue weighted by atomic mass is 10.0. The topological polar surface area (TPSA) is 51.2 Å². The van der Waals surface area contributed by atoms with E-state index in [-0.39, 0.29) is 6.04 Å². The largest absolute Gasteiger partial charge is 0.461 e. The second-order valence-electron chi connectivity index (χ2n) is 5.32. The number of fused-ring (bicyclic) bond motifs is 1. The summed E-state index contributed by atoms with van der Waals surface area (Å²) in [5.41, 5.74) is 10.4. The molecule has 0 bridgehead atoms. The summed E-state index contributed by atoms with van der Waals surface area (Å²) < 4.78 is 5.85. The highest BCUT2D eigenvalue weighted by molar-refractivity contribution is 5.83. The molecule has 1 unspecified atom stereocenters. The second-order valence-corrected chi connectivity index (χ2v) is 5.32. The number of hydrogen-bond acceptors (Lipinski definition) is 3.